The van der Waals surface area contributed by atoms with Crippen LogP contribution in [-0.2, 0) is 0 Å². The Bertz CT molecular complexity index is 211. The SMILES string of the molecule is C1CNCC(CCN2CC3CCC2C3)C1. The standard InChI is InChI=1S/C13H24N2/c1-2-11(9-14-6-1)5-7-15-10-12-3-4-13(15)8-12/h11-14H,1-10H2. The maximum absolute atomic E-state index is 3.53. The van der Waals surface area contributed by atoms with Gasteiger partial charge in [0, 0.05) is 12.6 Å². The second-order valence-corrected chi connectivity index (χ2v) is 5.83. The van der Waals surface area contributed by atoms with Crippen LogP contribution in [0, 0.1) is 11.8 Å². The van der Waals surface area contributed by atoms with E-state index in [9.17, 15) is 0 Å². The van der Waals surface area contributed by atoms with Crippen molar-refractivity contribution in [2.75, 3.05) is 26.2 Å². The molecule has 2 saturated heterocycles. The van der Waals surface area contributed by atoms with E-state index in [1.807, 2.05) is 0 Å². The second kappa shape index (κ2) is 4.42. The van der Waals surface area contributed by atoms with E-state index in [0.29, 0.717) is 0 Å². The van der Waals surface area contributed by atoms with Gasteiger partial charge in [-0.25, -0.2) is 0 Å². The van der Waals surface area contributed by atoms with Crippen molar-refractivity contribution in [3.8, 4) is 0 Å². The lowest BCUT2D eigenvalue weighted by Crippen LogP contribution is -2.36. The van der Waals surface area contributed by atoms with E-state index in [1.165, 1.54) is 64.7 Å². The zero-order valence-corrected chi connectivity index (χ0v) is 9.75. The first-order valence-corrected chi connectivity index (χ1v) is 6.86. The van der Waals surface area contributed by atoms with E-state index in [1.54, 1.807) is 0 Å². The van der Waals surface area contributed by atoms with Crippen LogP contribution in [0.25, 0.3) is 0 Å². The number of rotatable bonds is 3. The molecule has 1 N–H and O–H groups in total. The molecular formula is C13H24N2. The summed E-state index contributed by atoms with van der Waals surface area (Å²) in [5.41, 5.74) is 0. The lowest BCUT2D eigenvalue weighted by atomic mass is 9.95. The summed E-state index contributed by atoms with van der Waals surface area (Å²) in [5, 5.41) is 3.53. The van der Waals surface area contributed by atoms with Crippen molar-refractivity contribution in [2.45, 2.75) is 44.6 Å². The first-order valence-electron chi connectivity index (χ1n) is 6.86. The third-order valence-corrected chi connectivity index (χ3v) is 4.75. The van der Waals surface area contributed by atoms with Crippen molar-refractivity contribution in [2.24, 2.45) is 11.8 Å². The fraction of sp³-hybridized carbons (Fsp3) is 1.00. The quantitative estimate of drug-likeness (QED) is 0.761. The van der Waals surface area contributed by atoms with Crippen molar-refractivity contribution in [3.63, 3.8) is 0 Å². The van der Waals surface area contributed by atoms with Crippen molar-refractivity contribution in [1.29, 1.82) is 0 Å². The summed E-state index contributed by atoms with van der Waals surface area (Å²) in [4.78, 5) is 2.78. The number of hydrogen-bond acceptors (Lipinski definition) is 2. The Morgan fingerprint density at radius 1 is 1.20 bits per heavy atom. The topological polar surface area (TPSA) is 15.3 Å². The Kier molecular flexibility index (Phi) is 2.98. The highest BCUT2D eigenvalue weighted by atomic mass is 15.2. The Hall–Kier alpha value is -0.0800. The second-order valence-electron chi connectivity index (χ2n) is 5.83. The Balaban J connectivity index is 1.42. The van der Waals surface area contributed by atoms with Crippen LogP contribution < -0.4 is 5.32 Å². The Labute approximate surface area is 93.4 Å². The molecule has 3 aliphatic rings. The van der Waals surface area contributed by atoms with E-state index in [-0.39, 0.29) is 0 Å². The molecule has 0 aromatic heterocycles. The molecule has 0 aromatic rings. The van der Waals surface area contributed by atoms with Crippen LogP contribution in [0.5, 0.6) is 0 Å². The summed E-state index contributed by atoms with van der Waals surface area (Å²) in [6, 6.07) is 0.978. The highest BCUT2D eigenvalue weighted by Gasteiger charge is 2.37. The van der Waals surface area contributed by atoms with Gasteiger partial charge in [-0.15, -0.1) is 0 Å². The van der Waals surface area contributed by atoms with Crippen molar-refractivity contribution < 1.29 is 0 Å². The molecule has 0 aromatic carbocycles. The van der Waals surface area contributed by atoms with Gasteiger partial charge in [0.1, 0.15) is 0 Å². The van der Waals surface area contributed by atoms with Gasteiger partial charge in [-0.05, 0) is 70.0 Å². The number of fused-ring (bicyclic) bond motifs is 2. The molecular weight excluding hydrogens is 184 g/mol. The molecule has 0 amide bonds. The molecule has 2 nitrogen and oxygen atoms in total. The van der Waals surface area contributed by atoms with Crippen molar-refractivity contribution in [3.05, 3.63) is 0 Å². The molecule has 1 aliphatic carbocycles. The number of likely N-dealkylation sites (tertiary alicyclic amines) is 1. The van der Waals surface area contributed by atoms with Crippen molar-refractivity contribution >= 4 is 0 Å². The predicted molar refractivity (Wildman–Crippen MR) is 62.9 cm³/mol. The number of hydrogen-bond donors (Lipinski definition) is 1. The molecule has 1 saturated carbocycles. The largest absolute Gasteiger partial charge is 0.316 e. The van der Waals surface area contributed by atoms with E-state index in [0.717, 1.165) is 17.9 Å². The smallest absolute Gasteiger partial charge is 0.00985 e. The third-order valence-electron chi connectivity index (χ3n) is 4.75. The third kappa shape index (κ3) is 2.21. The maximum atomic E-state index is 3.53. The van der Waals surface area contributed by atoms with E-state index in [2.05, 4.69) is 10.2 Å². The molecule has 2 aliphatic heterocycles. The van der Waals surface area contributed by atoms with E-state index >= 15 is 0 Å². The van der Waals surface area contributed by atoms with Crippen LogP contribution in [0.15, 0.2) is 0 Å². The van der Waals surface area contributed by atoms with Crippen LogP contribution in [0.4, 0.5) is 0 Å². The van der Waals surface area contributed by atoms with E-state index < -0.39 is 0 Å². The van der Waals surface area contributed by atoms with Crippen LogP contribution >= 0.6 is 0 Å². The van der Waals surface area contributed by atoms with Crippen molar-refractivity contribution in [1.82, 2.24) is 10.2 Å². The summed E-state index contributed by atoms with van der Waals surface area (Å²) < 4.78 is 0. The van der Waals surface area contributed by atoms with Gasteiger partial charge < -0.3 is 10.2 Å². The fourth-order valence-corrected chi connectivity index (χ4v) is 3.82. The van der Waals surface area contributed by atoms with Gasteiger partial charge in [0.2, 0.25) is 0 Å². The molecule has 2 bridgehead atoms. The summed E-state index contributed by atoms with van der Waals surface area (Å²) in [6.45, 7) is 5.34. The first kappa shape index (κ1) is 10.1. The molecule has 3 fully saturated rings. The molecule has 15 heavy (non-hydrogen) atoms. The predicted octanol–water partition coefficient (Wildman–Crippen LogP) is 1.86. The Morgan fingerprint density at radius 2 is 2.20 bits per heavy atom. The minimum atomic E-state index is 0.970. The van der Waals surface area contributed by atoms with Crippen LogP contribution in [0.2, 0.25) is 0 Å². The lowest BCUT2D eigenvalue weighted by molar-refractivity contribution is 0.191. The number of nitrogens with one attached hydrogen (secondary N) is 1. The molecule has 2 heteroatoms. The maximum Gasteiger partial charge on any atom is 0.00985 e. The van der Waals surface area contributed by atoms with Gasteiger partial charge in [-0.2, -0.15) is 0 Å². The minimum absolute atomic E-state index is 0.970. The minimum Gasteiger partial charge on any atom is -0.316 e. The molecule has 3 rings (SSSR count). The molecule has 0 radical (unpaired) electrons. The fourth-order valence-electron chi connectivity index (χ4n) is 3.82. The van der Waals surface area contributed by atoms with Gasteiger partial charge in [0.15, 0.2) is 0 Å². The normalized spacial score (nSPS) is 41.2. The molecule has 0 spiro atoms. The highest BCUT2D eigenvalue weighted by molar-refractivity contribution is 4.92. The van der Waals surface area contributed by atoms with Gasteiger partial charge >= 0.3 is 0 Å². The van der Waals surface area contributed by atoms with E-state index in [4.69, 9.17) is 0 Å². The van der Waals surface area contributed by atoms with Gasteiger partial charge in [-0.3, -0.25) is 0 Å². The van der Waals surface area contributed by atoms with Gasteiger partial charge in [-0.1, -0.05) is 0 Å². The summed E-state index contributed by atoms with van der Waals surface area (Å²) in [6.07, 6.45) is 8.84. The summed E-state index contributed by atoms with van der Waals surface area (Å²) in [5.74, 6) is 2.04. The molecule has 86 valence electrons. The summed E-state index contributed by atoms with van der Waals surface area (Å²) in [7, 11) is 0. The van der Waals surface area contributed by atoms with Crippen LogP contribution in [-0.4, -0.2) is 37.1 Å². The molecule has 3 atom stereocenters. The number of nitrogens with zero attached hydrogens (tertiary/aromatic N) is 1. The van der Waals surface area contributed by atoms with Gasteiger partial charge in [0.05, 0.1) is 0 Å². The van der Waals surface area contributed by atoms with Crippen LogP contribution in [0.1, 0.15) is 38.5 Å². The molecule has 3 unspecified atom stereocenters. The first-order chi connectivity index (χ1) is 7.42. The Morgan fingerprint density at radius 3 is 2.87 bits per heavy atom. The zero-order chi connectivity index (χ0) is 10.1. The lowest BCUT2D eigenvalue weighted by Gasteiger charge is -2.30. The number of piperidine rings is 2. The monoisotopic (exact) mass is 208 g/mol. The highest BCUT2D eigenvalue weighted by Crippen LogP contribution is 2.37. The average molecular weight is 208 g/mol. The average Bonchev–Trinajstić information content (AvgIpc) is 2.89. The molecule has 2 heterocycles. The van der Waals surface area contributed by atoms with Gasteiger partial charge in [0.25, 0.3) is 0 Å². The summed E-state index contributed by atoms with van der Waals surface area (Å²) >= 11 is 0. The zero-order valence-electron chi connectivity index (χ0n) is 9.75. The van der Waals surface area contributed by atoms with Crippen LogP contribution in [0.3, 0.4) is 0 Å².